The normalized spacial score (nSPS) is 20.3. The SMILES string of the molecule is C[C@@H]1CCC(=O)C(=O)C(=O)CCCc2cc(N(CCO)C(=O)OC(C)(C)C)cc(O)c2C(=O)O[C@H]1C. The number of phenolic OH excluding ortho intramolecular Hbond substituents is 1. The molecule has 1 aromatic carbocycles. The Bertz CT molecular complexity index is 1020. The van der Waals surface area contributed by atoms with Crippen LogP contribution in [0.1, 0.15) is 76.2 Å². The average molecular weight is 506 g/mol. The number of Topliss-reactive ketones (excluding diaryl/α,β-unsaturated/α-hetero) is 3. The van der Waals surface area contributed by atoms with E-state index in [1.54, 1.807) is 34.6 Å². The van der Waals surface area contributed by atoms with E-state index in [9.17, 15) is 34.2 Å². The van der Waals surface area contributed by atoms with Gasteiger partial charge in [-0.3, -0.25) is 19.3 Å². The highest BCUT2D eigenvalue weighted by molar-refractivity contribution is 6.63. The number of fused-ring (bicyclic) bond motifs is 1. The number of nitrogens with zero attached hydrogens (tertiary/aromatic N) is 1. The topological polar surface area (TPSA) is 148 Å². The van der Waals surface area contributed by atoms with E-state index in [1.165, 1.54) is 12.1 Å². The molecule has 36 heavy (non-hydrogen) atoms. The van der Waals surface area contributed by atoms with Gasteiger partial charge in [-0.2, -0.15) is 0 Å². The summed E-state index contributed by atoms with van der Waals surface area (Å²) in [5.74, 6) is -4.13. The number of cyclic esters (lactones) is 1. The standard InChI is InChI=1S/C26H35NO9/c1-15-9-10-20(30)23(32)19(29)8-6-7-17-13-18(14-21(31)22(17)24(33)35-16(15)2)27(11-12-28)25(34)36-26(3,4)5/h13-16,28,31H,6-12H2,1-5H3/t15-,16+/m1/s1. The van der Waals surface area contributed by atoms with E-state index >= 15 is 0 Å². The van der Waals surface area contributed by atoms with Gasteiger partial charge in [-0.1, -0.05) is 6.92 Å². The molecule has 0 saturated carbocycles. The molecule has 0 aliphatic carbocycles. The number of aliphatic hydroxyl groups excluding tert-OH is 1. The van der Waals surface area contributed by atoms with Crippen molar-refractivity contribution in [3.63, 3.8) is 0 Å². The number of hydrogen-bond donors (Lipinski definition) is 2. The molecule has 0 saturated heterocycles. The van der Waals surface area contributed by atoms with Gasteiger partial charge < -0.3 is 19.7 Å². The van der Waals surface area contributed by atoms with Crippen LogP contribution < -0.4 is 4.90 Å². The maximum Gasteiger partial charge on any atom is 0.414 e. The Labute approximate surface area is 210 Å². The van der Waals surface area contributed by atoms with Crippen LogP contribution in [0, 0.1) is 5.92 Å². The fourth-order valence-corrected chi connectivity index (χ4v) is 3.76. The molecule has 0 bridgehead atoms. The van der Waals surface area contributed by atoms with Crippen LogP contribution in [-0.2, 0) is 30.3 Å². The minimum absolute atomic E-state index is 0.0737. The highest BCUT2D eigenvalue weighted by atomic mass is 16.6. The van der Waals surface area contributed by atoms with E-state index in [4.69, 9.17) is 9.47 Å². The van der Waals surface area contributed by atoms with Crippen molar-refractivity contribution < 1.29 is 43.7 Å². The van der Waals surface area contributed by atoms with Gasteiger partial charge in [0.2, 0.25) is 11.6 Å². The number of ketones is 3. The van der Waals surface area contributed by atoms with Crippen molar-refractivity contribution >= 4 is 35.1 Å². The lowest BCUT2D eigenvalue weighted by Crippen LogP contribution is -2.38. The molecule has 2 rings (SSSR count). The molecule has 0 aromatic heterocycles. The third-order valence-electron chi connectivity index (χ3n) is 5.91. The number of amides is 1. The maximum absolute atomic E-state index is 13.0. The average Bonchev–Trinajstić information content (AvgIpc) is 2.77. The van der Waals surface area contributed by atoms with Crippen LogP contribution in [0.15, 0.2) is 12.1 Å². The highest BCUT2D eigenvalue weighted by Crippen LogP contribution is 2.32. The molecule has 2 N–H and O–H groups in total. The van der Waals surface area contributed by atoms with Crippen molar-refractivity contribution in [1.29, 1.82) is 0 Å². The van der Waals surface area contributed by atoms with E-state index in [-0.39, 0.29) is 68.0 Å². The quantitative estimate of drug-likeness (QED) is 0.467. The maximum atomic E-state index is 13.0. The Morgan fingerprint density at radius 1 is 1.08 bits per heavy atom. The van der Waals surface area contributed by atoms with Gasteiger partial charge in [-0.25, -0.2) is 9.59 Å². The summed E-state index contributed by atoms with van der Waals surface area (Å²) >= 11 is 0. The van der Waals surface area contributed by atoms with Gasteiger partial charge in [0.05, 0.1) is 18.8 Å². The van der Waals surface area contributed by atoms with Crippen molar-refractivity contribution in [2.24, 2.45) is 5.92 Å². The van der Waals surface area contributed by atoms with Gasteiger partial charge in [0, 0.05) is 18.9 Å². The van der Waals surface area contributed by atoms with E-state index in [0.717, 1.165) is 4.90 Å². The molecular weight excluding hydrogens is 470 g/mol. The summed E-state index contributed by atoms with van der Waals surface area (Å²) in [5.41, 5.74) is -0.480. The highest BCUT2D eigenvalue weighted by Gasteiger charge is 2.29. The van der Waals surface area contributed by atoms with Crippen LogP contribution >= 0.6 is 0 Å². The Balaban J connectivity index is 2.52. The Morgan fingerprint density at radius 2 is 1.72 bits per heavy atom. The number of anilines is 1. The monoisotopic (exact) mass is 505 g/mol. The summed E-state index contributed by atoms with van der Waals surface area (Å²) in [6.07, 6.45) is -1.31. The summed E-state index contributed by atoms with van der Waals surface area (Å²) in [7, 11) is 0. The molecule has 198 valence electrons. The number of carbonyl (C=O) groups is 5. The van der Waals surface area contributed by atoms with Crippen molar-refractivity contribution in [2.45, 2.75) is 78.4 Å². The van der Waals surface area contributed by atoms with Gasteiger partial charge in [0.1, 0.15) is 23.0 Å². The lowest BCUT2D eigenvalue weighted by Gasteiger charge is -2.28. The number of aromatic hydroxyl groups is 1. The molecule has 0 unspecified atom stereocenters. The number of esters is 1. The molecule has 0 fully saturated rings. The second-order valence-corrected chi connectivity index (χ2v) is 10.0. The van der Waals surface area contributed by atoms with E-state index in [1.807, 2.05) is 0 Å². The van der Waals surface area contributed by atoms with E-state index in [2.05, 4.69) is 0 Å². The molecule has 0 radical (unpaired) electrons. The van der Waals surface area contributed by atoms with Crippen LogP contribution in [0.2, 0.25) is 0 Å². The number of aliphatic hydroxyl groups is 1. The van der Waals surface area contributed by atoms with Gasteiger partial charge in [0.15, 0.2) is 0 Å². The summed E-state index contributed by atoms with van der Waals surface area (Å²) in [6.45, 7) is 7.92. The fraction of sp³-hybridized carbons (Fsp3) is 0.577. The molecule has 1 amide bonds. The van der Waals surface area contributed by atoms with Gasteiger partial charge in [-0.05, 0) is 64.5 Å². The molecule has 1 heterocycles. The fourth-order valence-electron chi connectivity index (χ4n) is 3.76. The van der Waals surface area contributed by atoms with Crippen LogP contribution in [0.3, 0.4) is 0 Å². The zero-order valence-corrected chi connectivity index (χ0v) is 21.5. The predicted molar refractivity (Wildman–Crippen MR) is 130 cm³/mol. The number of carbonyl (C=O) groups excluding carboxylic acids is 5. The van der Waals surface area contributed by atoms with Crippen molar-refractivity contribution in [3.05, 3.63) is 23.3 Å². The smallest absolute Gasteiger partial charge is 0.414 e. The van der Waals surface area contributed by atoms with Crippen LogP contribution in [-0.4, -0.2) is 64.5 Å². The number of benzene rings is 1. The molecule has 2 atom stereocenters. The number of phenols is 1. The molecule has 1 aliphatic rings. The predicted octanol–water partition coefficient (Wildman–Crippen LogP) is 3.13. The summed E-state index contributed by atoms with van der Waals surface area (Å²) in [5, 5.41) is 20.3. The van der Waals surface area contributed by atoms with Crippen molar-refractivity contribution in [3.8, 4) is 5.75 Å². The summed E-state index contributed by atoms with van der Waals surface area (Å²) in [6, 6.07) is 2.69. The first-order valence-corrected chi connectivity index (χ1v) is 12.0. The second-order valence-electron chi connectivity index (χ2n) is 10.0. The molecule has 1 aliphatic heterocycles. The third kappa shape index (κ3) is 7.61. The Morgan fingerprint density at radius 3 is 2.33 bits per heavy atom. The first-order valence-electron chi connectivity index (χ1n) is 12.0. The first kappa shape index (κ1) is 29.0. The van der Waals surface area contributed by atoms with E-state index in [0.29, 0.717) is 0 Å². The van der Waals surface area contributed by atoms with Crippen LogP contribution in [0.5, 0.6) is 5.75 Å². The zero-order chi connectivity index (χ0) is 27.2. The Kier molecular flexibility index (Phi) is 9.75. The van der Waals surface area contributed by atoms with Gasteiger partial charge in [0.25, 0.3) is 5.78 Å². The molecule has 10 heteroatoms. The van der Waals surface area contributed by atoms with E-state index < -0.39 is 46.9 Å². The van der Waals surface area contributed by atoms with Crippen LogP contribution in [0.4, 0.5) is 10.5 Å². The number of rotatable bonds is 3. The first-order chi connectivity index (χ1) is 16.7. The van der Waals surface area contributed by atoms with Gasteiger partial charge >= 0.3 is 12.1 Å². The molecule has 10 nitrogen and oxygen atoms in total. The van der Waals surface area contributed by atoms with Crippen molar-refractivity contribution in [1.82, 2.24) is 0 Å². The Hall–Kier alpha value is -3.27. The van der Waals surface area contributed by atoms with Crippen LogP contribution in [0.25, 0.3) is 0 Å². The molecule has 0 spiro atoms. The summed E-state index contributed by atoms with van der Waals surface area (Å²) < 4.78 is 11.0. The summed E-state index contributed by atoms with van der Waals surface area (Å²) in [4.78, 5) is 63.5. The number of aryl methyl sites for hydroxylation is 1. The number of hydrogen-bond acceptors (Lipinski definition) is 9. The van der Waals surface area contributed by atoms with Gasteiger partial charge in [-0.15, -0.1) is 0 Å². The zero-order valence-electron chi connectivity index (χ0n) is 21.5. The third-order valence-corrected chi connectivity index (χ3v) is 5.91. The minimum atomic E-state index is -1.04. The minimum Gasteiger partial charge on any atom is -0.507 e. The van der Waals surface area contributed by atoms with Crippen molar-refractivity contribution in [2.75, 3.05) is 18.1 Å². The largest absolute Gasteiger partial charge is 0.507 e. The second kappa shape index (κ2) is 12.1. The lowest BCUT2D eigenvalue weighted by atomic mass is 9.94. The molecular formula is C26H35NO9. The molecule has 1 aromatic rings. The lowest BCUT2D eigenvalue weighted by molar-refractivity contribution is -0.144. The number of ether oxygens (including phenoxy) is 2.